The van der Waals surface area contributed by atoms with Crippen LogP contribution in [0.15, 0.2) is 60.8 Å². The number of nitrogens with one attached hydrogen (secondary N) is 1. The first-order chi connectivity index (χ1) is 13.9. The minimum atomic E-state index is -4.78. The molecule has 0 saturated heterocycles. The third-order valence-corrected chi connectivity index (χ3v) is 4.05. The molecule has 152 valence electrons. The number of hydrogen-bond donors (Lipinski definition) is 1. The molecule has 0 atom stereocenters. The van der Waals surface area contributed by atoms with Gasteiger partial charge in [-0.2, -0.15) is 18.3 Å². The van der Waals surface area contributed by atoms with E-state index in [-0.39, 0.29) is 12.2 Å². The highest BCUT2D eigenvalue weighted by Crippen LogP contribution is 2.37. The molecule has 0 aliphatic rings. The van der Waals surface area contributed by atoms with E-state index in [9.17, 15) is 18.0 Å². The maximum Gasteiger partial charge on any atom is 0.437 e. The van der Waals surface area contributed by atoms with Gasteiger partial charge in [0.1, 0.15) is 5.75 Å². The molecule has 9 heteroatoms. The smallest absolute Gasteiger partial charge is 0.437 e. The lowest BCUT2D eigenvalue weighted by atomic mass is 10.1. The van der Waals surface area contributed by atoms with E-state index in [0.717, 1.165) is 11.8 Å². The second-order valence-corrected chi connectivity index (χ2v) is 6.02. The van der Waals surface area contributed by atoms with Crippen molar-refractivity contribution < 1.29 is 27.4 Å². The second kappa shape index (κ2) is 8.68. The largest absolute Gasteiger partial charge is 0.497 e. The lowest BCUT2D eigenvalue weighted by molar-refractivity contribution is -0.143. The Kier molecular flexibility index (Phi) is 6.06. The van der Waals surface area contributed by atoms with E-state index in [2.05, 4.69) is 10.4 Å². The quantitative estimate of drug-likeness (QED) is 0.667. The molecule has 1 heterocycles. The van der Waals surface area contributed by atoms with Crippen LogP contribution in [-0.4, -0.2) is 29.5 Å². The molecule has 0 spiro atoms. The maximum atomic E-state index is 13.6. The van der Waals surface area contributed by atoms with E-state index < -0.39 is 23.7 Å². The number of nitrogens with zero attached hydrogens (tertiary/aromatic N) is 2. The molecule has 1 N–H and O–H groups in total. The summed E-state index contributed by atoms with van der Waals surface area (Å²) < 4.78 is 51.4. The summed E-state index contributed by atoms with van der Waals surface area (Å²) >= 11 is 0. The van der Waals surface area contributed by atoms with E-state index >= 15 is 0 Å². The first-order valence-electron chi connectivity index (χ1n) is 8.67. The Bertz CT molecular complexity index is 955. The molecule has 0 aliphatic carbocycles. The number of benzene rings is 2. The van der Waals surface area contributed by atoms with Crippen LogP contribution in [0.25, 0.3) is 5.69 Å². The van der Waals surface area contributed by atoms with Crippen molar-refractivity contribution in [3.8, 4) is 17.2 Å². The van der Waals surface area contributed by atoms with Gasteiger partial charge in [0.05, 0.1) is 19.0 Å². The number of alkyl halides is 3. The Labute approximate surface area is 164 Å². The summed E-state index contributed by atoms with van der Waals surface area (Å²) in [5, 5.41) is 6.18. The summed E-state index contributed by atoms with van der Waals surface area (Å²) in [5.74, 6) is -0.186. The Hall–Kier alpha value is -3.49. The fourth-order valence-corrected chi connectivity index (χ4v) is 2.68. The molecule has 0 aliphatic heterocycles. The van der Waals surface area contributed by atoms with E-state index in [0.29, 0.717) is 16.9 Å². The van der Waals surface area contributed by atoms with E-state index in [1.165, 1.54) is 31.4 Å². The van der Waals surface area contributed by atoms with Gasteiger partial charge in [-0.25, -0.2) is 9.48 Å². The number of methoxy groups -OCH3 is 1. The molecular weight excluding hydrogens is 387 g/mol. The van der Waals surface area contributed by atoms with Gasteiger partial charge in [-0.1, -0.05) is 30.3 Å². The number of rotatable bonds is 6. The van der Waals surface area contributed by atoms with Crippen LogP contribution in [-0.2, 0) is 12.6 Å². The first-order valence-corrected chi connectivity index (χ1v) is 8.67. The summed E-state index contributed by atoms with van der Waals surface area (Å²) in [6.45, 7) is 0.219. The Morgan fingerprint density at radius 1 is 1.10 bits per heavy atom. The molecule has 3 rings (SSSR count). The average molecular weight is 405 g/mol. The van der Waals surface area contributed by atoms with Crippen LogP contribution in [0.5, 0.6) is 11.5 Å². The number of hydrogen-bond acceptors (Lipinski definition) is 4. The predicted molar refractivity (Wildman–Crippen MR) is 99.3 cm³/mol. The first kappa shape index (κ1) is 20.2. The van der Waals surface area contributed by atoms with Gasteiger partial charge in [-0.05, 0) is 36.2 Å². The Balaban J connectivity index is 1.73. The van der Waals surface area contributed by atoms with Crippen molar-refractivity contribution in [1.29, 1.82) is 0 Å². The normalized spacial score (nSPS) is 11.2. The van der Waals surface area contributed by atoms with Gasteiger partial charge >= 0.3 is 12.3 Å². The molecule has 0 bridgehead atoms. The summed E-state index contributed by atoms with van der Waals surface area (Å²) in [6.07, 6.45) is -4.38. The highest BCUT2D eigenvalue weighted by atomic mass is 19.4. The average Bonchev–Trinajstić information content (AvgIpc) is 3.13. The number of halogens is 3. The number of carbonyl (C=O) groups is 1. The standard InChI is InChI=1S/C20H18F3N3O3/c1-28-16-9-7-15(8-10-16)26-18(20(21,22)23)17(13-25-26)29-19(27)24-12-11-14-5-3-2-4-6-14/h2-10,13H,11-12H2,1H3,(H,24,27). The molecule has 1 aromatic heterocycles. The van der Waals surface area contributed by atoms with E-state index in [1.807, 2.05) is 30.3 Å². The second-order valence-electron chi connectivity index (χ2n) is 6.02. The summed E-state index contributed by atoms with van der Waals surface area (Å²) in [5.41, 5.74) is -0.0468. The highest BCUT2D eigenvalue weighted by Gasteiger charge is 2.40. The summed E-state index contributed by atoms with van der Waals surface area (Å²) in [7, 11) is 1.45. The van der Waals surface area contributed by atoms with Crippen molar-refractivity contribution >= 4 is 6.09 Å². The summed E-state index contributed by atoms with van der Waals surface area (Å²) in [4.78, 5) is 12.0. The Morgan fingerprint density at radius 3 is 2.41 bits per heavy atom. The molecule has 0 unspecified atom stereocenters. The summed E-state index contributed by atoms with van der Waals surface area (Å²) in [6, 6.07) is 15.2. The molecule has 3 aromatic rings. The lowest BCUT2D eigenvalue weighted by Crippen LogP contribution is -2.29. The molecule has 0 radical (unpaired) electrons. The fraction of sp³-hybridized carbons (Fsp3) is 0.200. The van der Waals surface area contributed by atoms with Crippen molar-refractivity contribution in [2.75, 3.05) is 13.7 Å². The van der Waals surface area contributed by atoms with Gasteiger partial charge in [-0.3, -0.25) is 0 Å². The van der Waals surface area contributed by atoms with Gasteiger partial charge in [0.25, 0.3) is 0 Å². The number of aromatic nitrogens is 2. The predicted octanol–water partition coefficient (Wildman–Crippen LogP) is 4.23. The minimum absolute atomic E-state index is 0.150. The topological polar surface area (TPSA) is 65.4 Å². The van der Waals surface area contributed by atoms with Gasteiger partial charge in [0.15, 0.2) is 11.4 Å². The molecular formula is C20H18F3N3O3. The van der Waals surface area contributed by atoms with Crippen molar-refractivity contribution in [3.63, 3.8) is 0 Å². The van der Waals surface area contributed by atoms with Crippen LogP contribution in [0.1, 0.15) is 11.3 Å². The zero-order valence-electron chi connectivity index (χ0n) is 15.4. The molecule has 29 heavy (non-hydrogen) atoms. The van der Waals surface area contributed by atoms with Gasteiger partial charge < -0.3 is 14.8 Å². The number of ether oxygens (including phenoxy) is 2. The molecule has 6 nitrogen and oxygen atoms in total. The van der Waals surface area contributed by atoms with Crippen LogP contribution in [0.4, 0.5) is 18.0 Å². The van der Waals surface area contributed by atoms with Crippen molar-refractivity contribution in [1.82, 2.24) is 15.1 Å². The molecule has 0 saturated carbocycles. The van der Waals surface area contributed by atoms with Crippen LogP contribution in [0, 0.1) is 0 Å². The Morgan fingerprint density at radius 2 is 1.79 bits per heavy atom. The minimum Gasteiger partial charge on any atom is -0.497 e. The van der Waals surface area contributed by atoms with Crippen LogP contribution in [0.2, 0.25) is 0 Å². The van der Waals surface area contributed by atoms with Gasteiger partial charge in [-0.15, -0.1) is 0 Å². The number of amides is 1. The van der Waals surface area contributed by atoms with Crippen molar-refractivity contribution in [2.24, 2.45) is 0 Å². The van der Waals surface area contributed by atoms with Crippen molar-refractivity contribution in [2.45, 2.75) is 12.6 Å². The van der Waals surface area contributed by atoms with Gasteiger partial charge in [0, 0.05) is 6.54 Å². The van der Waals surface area contributed by atoms with E-state index in [1.54, 1.807) is 0 Å². The fourth-order valence-electron chi connectivity index (χ4n) is 2.68. The van der Waals surface area contributed by atoms with Crippen LogP contribution < -0.4 is 14.8 Å². The highest BCUT2D eigenvalue weighted by molar-refractivity contribution is 5.70. The maximum absolute atomic E-state index is 13.6. The number of carbonyl (C=O) groups excluding carboxylic acids is 1. The third kappa shape index (κ3) is 5.07. The molecule has 0 fully saturated rings. The SMILES string of the molecule is COc1ccc(-n2ncc(OC(=O)NCCc3ccccc3)c2C(F)(F)F)cc1. The lowest BCUT2D eigenvalue weighted by Gasteiger charge is -2.13. The van der Waals surface area contributed by atoms with Crippen LogP contribution >= 0.6 is 0 Å². The zero-order chi connectivity index (χ0) is 20.9. The zero-order valence-corrected chi connectivity index (χ0v) is 15.4. The molecule has 2 aromatic carbocycles. The van der Waals surface area contributed by atoms with E-state index in [4.69, 9.17) is 9.47 Å². The van der Waals surface area contributed by atoms with Crippen LogP contribution in [0.3, 0.4) is 0 Å². The molecule has 1 amide bonds. The third-order valence-electron chi connectivity index (χ3n) is 4.05. The monoisotopic (exact) mass is 405 g/mol. The van der Waals surface area contributed by atoms with Crippen molar-refractivity contribution in [3.05, 3.63) is 72.1 Å². The van der Waals surface area contributed by atoms with Gasteiger partial charge in [0.2, 0.25) is 0 Å².